The summed E-state index contributed by atoms with van der Waals surface area (Å²) >= 11 is 0. The Morgan fingerprint density at radius 1 is 1.19 bits per heavy atom. The summed E-state index contributed by atoms with van der Waals surface area (Å²) in [4.78, 5) is 4.27. The first-order valence-corrected chi connectivity index (χ1v) is 5.59. The number of aryl methyl sites for hydroxylation is 2. The third-order valence-electron chi connectivity index (χ3n) is 2.07. The zero-order valence-electron chi connectivity index (χ0n) is 10.4. The Morgan fingerprint density at radius 2 is 1.94 bits per heavy atom. The van der Waals surface area contributed by atoms with Gasteiger partial charge < -0.3 is 10.1 Å². The van der Waals surface area contributed by atoms with Gasteiger partial charge in [-0.1, -0.05) is 13.8 Å². The fourth-order valence-electron chi connectivity index (χ4n) is 1.09. The van der Waals surface area contributed by atoms with Gasteiger partial charge in [0.15, 0.2) is 0 Å². The lowest BCUT2D eigenvalue weighted by Gasteiger charge is -2.08. The van der Waals surface area contributed by atoms with Crippen LogP contribution < -0.4 is 5.32 Å². The summed E-state index contributed by atoms with van der Waals surface area (Å²) in [7, 11) is 0. The molecule has 16 heavy (non-hydrogen) atoms. The zero-order chi connectivity index (χ0) is 12.0. The highest BCUT2D eigenvalue weighted by Gasteiger charge is 2.00. The third kappa shape index (κ3) is 4.53. The fraction of sp³-hybridized carbons (Fsp3) is 0.727. The van der Waals surface area contributed by atoms with Crippen molar-refractivity contribution in [3.8, 4) is 0 Å². The van der Waals surface area contributed by atoms with Crippen molar-refractivity contribution in [2.24, 2.45) is 5.92 Å². The molecule has 1 aromatic heterocycles. The Kier molecular flexibility index (Phi) is 5.11. The molecule has 1 heterocycles. The lowest BCUT2D eigenvalue weighted by atomic mass is 10.2. The molecule has 0 saturated carbocycles. The lowest BCUT2D eigenvalue weighted by Crippen LogP contribution is -2.14. The number of ether oxygens (including phenoxy) is 1. The second kappa shape index (κ2) is 6.37. The number of nitrogens with one attached hydrogen (secondary N) is 1. The summed E-state index contributed by atoms with van der Waals surface area (Å²) < 4.78 is 5.43. The van der Waals surface area contributed by atoms with Gasteiger partial charge in [-0.05, 0) is 19.8 Å². The highest BCUT2D eigenvalue weighted by Crippen LogP contribution is 2.01. The Morgan fingerprint density at radius 3 is 2.56 bits per heavy atom. The van der Waals surface area contributed by atoms with E-state index in [1.165, 1.54) is 0 Å². The van der Waals surface area contributed by atoms with E-state index >= 15 is 0 Å². The highest BCUT2D eigenvalue weighted by atomic mass is 16.5. The van der Waals surface area contributed by atoms with E-state index in [1.54, 1.807) is 0 Å². The Balaban J connectivity index is 2.24. The quantitative estimate of drug-likeness (QED) is 0.743. The minimum Gasteiger partial charge on any atom is -0.379 e. The number of hydrogen-bond donors (Lipinski definition) is 1. The third-order valence-corrected chi connectivity index (χ3v) is 2.07. The van der Waals surface area contributed by atoms with Crippen molar-refractivity contribution in [2.75, 3.05) is 25.1 Å². The van der Waals surface area contributed by atoms with Gasteiger partial charge in [0.25, 0.3) is 0 Å². The molecule has 5 nitrogen and oxygen atoms in total. The average molecular weight is 224 g/mol. The van der Waals surface area contributed by atoms with Crippen molar-refractivity contribution in [3.05, 3.63) is 11.4 Å². The molecule has 0 saturated heterocycles. The van der Waals surface area contributed by atoms with Crippen LogP contribution in [0.2, 0.25) is 0 Å². The molecule has 0 radical (unpaired) electrons. The second-order valence-electron chi connectivity index (χ2n) is 4.20. The van der Waals surface area contributed by atoms with E-state index in [-0.39, 0.29) is 0 Å². The largest absolute Gasteiger partial charge is 0.379 e. The number of anilines is 1. The molecule has 1 aromatic rings. The van der Waals surface area contributed by atoms with Gasteiger partial charge in [0.2, 0.25) is 5.95 Å². The normalized spacial score (nSPS) is 10.8. The lowest BCUT2D eigenvalue weighted by molar-refractivity contribution is 0.118. The van der Waals surface area contributed by atoms with Crippen LogP contribution in [0.15, 0.2) is 0 Å². The molecule has 0 fully saturated rings. The van der Waals surface area contributed by atoms with Gasteiger partial charge in [-0.3, -0.25) is 0 Å². The van der Waals surface area contributed by atoms with Gasteiger partial charge in [0.05, 0.1) is 18.0 Å². The number of nitrogens with zero attached hydrogens (tertiary/aromatic N) is 3. The zero-order valence-corrected chi connectivity index (χ0v) is 10.4. The molecule has 5 heteroatoms. The van der Waals surface area contributed by atoms with Gasteiger partial charge in [-0.25, -0.2) is 4.98 Å². The number of hydrogen-bond acceptors (Lipinski definition) is 5. The van der Waals surface area contributed by atoms with E-state index in [0.717, 1.165) is 18.0 Å². The summed E-state index contributed by atoms with van der Waals surface area (Å²) in [6, 6.07) is 0. The van der Waals surface area contributed by atoms with Gasteiger partial charge in [0, 0.05) is 13.2 Å². The minimum absolute atomic E-state index is 0.566. The molecule has 90 valence electrons. The van der Waals surface area contributed by atoms with Crippen molar-refractivity contribution >= 4 is 5.95 Å². The van der Waals surface area contributed by atoms with Crippen molar-refractivity contribution in [3.63, 3.8) is 0 Å². The van der Waals surface area contributed by atoms with Crippen LogP contribution in [0.25, 0.3) is 0 Å². The summed E-state index contributed by atoms with van der Waals surface area (Å²) in [6.45, 7) is 10.2. The molecule has 1 N–H and O–H groups in total. The summed E-state index contributed by atoms with van der Waals surface area (Å²) in [5, 5.41) is 11.0. The summed E-state index contributed by atoms with van der Waals surface area (Å²) in [5.41, 5.74) is 1.77. The summed E-state index contributed by atoms with van der Waals surface area (Å²) in [6.07, 6.45) is 0. The Hall–Kier alpha value is -1.23. The van der Waals surface area contributed by atoms with E-state index in [1.807, 2.05) is 13.8 Å². The van der Waals surface area contributed by atoms with E-state index in [9.17, 15) is 0 Å². The molecule has 0 bridgehead atoms. The Labute approximate surface area is 96.6 Å². The van der Waals surface area contributed by atoms with Gasteiger partial charge in [-0.15, -0.1) is 5.10 Å². The molecule has 0 aromatic carbocycles. The fourth-order valence-corrected chi connectivity index (χ4v) is 1.09. The topological polar surface area (TPSA) is 59.9 Å². The first-order chi connectivity index (χ1) is 7.59. The number of aromatic nitrogens is 3. The van der Waals surface area contributed by atoms with Crippen LogP contribution >= 0.6 is 0 Å². The molecule has 0 aliphatic rings. The maximum atomic E-state index is 5.43. The Bertz CT molecular complexity index is 328. The molecule has 0 aliphatic carbocycles. The maximum Gasteiger partial charge on any atom is 0.243 e. The van der Waals surface area contributed by atoms with Crippen LogP contribution in [-0.4, -0.2) is 34.9 Å². The van der Waals surface area contributed by atoms with Crippen LogP contribution in [0.3, 0.4) is 0 Å². The van der Waals surface area contributed by atoms with Crippen LogP contribution in [0, 0.1) is 19.8 Å². The first kappa shape index (κ1) is 12.8. The van der Waals surface area contributed by atoms with Gasteiger partial charge in [-0.2, -0.15) is 5.10 Å². The van der Waals surface area contributed by atoms with Crippen molar-refractivity contribution in [2.45, 2.75) is 27.7 Å². The van der Waals surface area contributed by atoms with E-state index in [0.29, 0.717) is 25.0 Å². The van der Waals surface area contributed by atoms with E-state index in [2.05, 4.69) is 34.3 Å². The van der Waals surface area contributed by atoms with Crippen molar-refractivity contribution in [1.82, 2.24) is 15.2 Å². The standard InChI is InChI=1S/C11H20N4O/c1-8(2)7-16-6-5-12-11-13-9(3)10(4)14-15-11/h8H,5-7H2,1-4H3,(H,12,13,15). The van der Waals surface area contributed by atoms with Crippen LogP contribution in [-0.2, 0) is 4.74 Å². The first-order valence-electron chi connectivity index (χ1n) is 5.59. The smallest absolute Gasteiger partial charge is 0.243 e. The molecule has 0 amide bonds. The van der Waals surface area contributed by atoms with Crippen molar-refractivity contribution < 1.29 is 4.74 Å². The van der Waals surface area contributed by atoms with Crippen LogP contribution in [0.4, 0.5) is 5.95 Å². The molecule has 0 aliphatic heterocycles. The van der Waals surface area contributed by atoms with Crippen molar-refractivity contribution in [1.29, 1.82) is 0 Å². The molecule has 0 atom stereocenters. The van der Waals surface area contributed by atoms with Crippen LogP contribution in [0.1, 0.15) is 25.2 Å². The SMILES string of the molecule is Cc1nnc(NCCOCC(C)C)nc1C. The van der Waals surface area contributed by atoms with E-state index < -0.39 is 0 Å². The van der Waals surface area contributed by atoms with Gasteiger partial charge >= 0.3 is 0 Å². The molecule has 0 spiro atoms. The number of rotatable bonds is 6. The second-order valence-corrected chi connectivity index (χ2v) is 4.20. The monoisotopic (exact) mass is 224 g/mol. The predicted octanol–water partition coefficient (Wildman–Crippen LogP) is 1.57. The molecular formula is C11H20N4O. The van der Waals surface area contributed by atoms with Crippen LogP contribution in [0.5, 0.6) is 0 Å². The highest BCUT2D eigenvalue weighted by molar-refractivity contribution is 5.24. The maximum absolute atomic E-state index is 5.43. The van der Waals surface area contributed by atoms with E-state index in [4.69, 9.17) is 4.74 Å². The molecule has 0 unspecified atom stereocenters. The predicted molar refractivity (Wildman–Crippen MR) is 63.4 cm³/mol. The summed E-state index contributed by atoms with van der Waals surface area (Å²) in [5.74, 6) is 1.13. The molecular weight excluding hydrogens is 204 g/mol. The average Bonchev–Trinajstić information content (AvgIpc) is 2.22. The minimum atomic E-state index is 0.566. The molecule has 1 rings (SSSR count). The van der Waals surface area contributed by atoms with Gasteiger partial charge in [0.1, 0.15) is 0 Å².